The number of unbranched alkanes of at least 4 members (excludes halogenated alkanes) is 1. The Hall–Kier alpha value is -3.08. The van der Waals surface area contributed by atoms with E-state index < -0.39 is 6.04 Å². The number of aliphatic hydroxyl groups excluding tert-OH is 1. The molecule has 7 heteroatoms. The Morgan fingerprint density at radius 1 is 1.22 bits per heavy atom. The first kappa shape index (κ1) is 23.6. The van der Waals surface area contributed by atoms with Crippen LogP contribution in [0.25, 0.3) is 10.9 Å². The molecule has 3 aromatic rings. The van der Waals surface area contributed by atoms with Gasteiger partial charge in [0.1, 0.15) is 0 Å². The lowest BCUT2D eigenvalue weighted by atomic mass is 10.0. The smallest absolute Gasteiger partial charge is 0.252 e. The Kier molecular flexibility index (Phi) is 8.48. The SMILES string of the molecule is CNC(=O)CCCC#Cc1ccc(Br)c(C(=O)NC(CO)Cc2c[nH]c3ccccc23)c1. The number of aliphatic hydroxyl groups is 1. The first-order chi connectivity index (χ1) is 15.5. The molecule has 166 valence electrons. The van der Waals surface area contributed by atoms with Crippen molar-refractivity contribution in [2.45, 2.75) is 31.7 Å². The third kappa shape index (κ3) is 6.22. The lowest BCUT2D eigenvalue weighted by Gasteiger charge is -2.17. The van der Waals surface area contributed by atoms with E-state index in [1.165, 1.54) is 0 Å². The minimum absolute atomic E-state index is 0.000438. The quantitative estimate of drug-likeness (QED) is 0.284. The average molecular weight is 496 g/mol. The van der Waals surface area contributed by atoms with E-state index in [1.807, 2.05) is 36.5 Å². The Morgan fingerprint density at radius 2 is 2.03 bits per heavy atom. The molecule has 4 N–H and O–H groups in total. The summed E-state index contributed by atoms with van der Waals surface area (Å²) in [6, 6.07) is 12.9. The zero-order chi connectivity index (χ0) is 22.9. The topological polar surface area (TPSA) is 94.2 Å². The first-order valence-electron chi connectivity index (χ1n) is 10.5. The maximum atomic E-state index is 12.9. The highest BCUT2D eigenvalue weighted by Crippen LogP contribution is 2.21. The molecule has 0 radical (unpaired) electrons. The fraction of sp³-hybridized carbons (Fsp3) is 0.280. The number of carbonyl (C=O) groups excluding carboxylic acids is 2. The summed E-state index contributed by atoms with van der Waals surface area (Å²) in [5.74, 6) is 5.81. The van der Waals surface area contributed by atoms with Gasteiger partial charge in [-0.3, -0.25) is 9.59 Å². The third-order valence-corrected chi connectivity index (χ3v) is 5.82. The lowest BCUT2D eigenvalue weighted by molar-refractivity contribution is -0.120. The lowest BCUT2D eigenvalue weighted by Crippen LogP contribution is -2.39. The molecule has 6 nitrogen and oxygen atoms in total. The van der Waals surface area contributed by atoms with Gasteiger partial charge in [0, 0.05) is 47.0 Å². The molecule has 1 heterocycles. The van der Waals surface area contributed by atoms with Gasteiger partial charge >= 0.3 is 0 Å². The molecule has 0 aliphatic rings. The molecule has 0 aliphatic carbocycles. The van der Waals surface area contributed by atoms with Crippen molar-refractivity contribution < 1.29 is 14.7 Å². The molecular weight excluding hydrogens is 470 g/mol. The van der Waals surface area contributed by atoms with Crippen LogP contribution in [-0.4, -0.2) is 41.6 Å². The number of aromatic amines is 1. The van der Waals surface area contributed by atoms with E-state index in [0.29, 0.717) is 35.7 Å². The highest BCUT2D eigenvalue weighted by Gasteiger charge is 2.17. The molecule has 0 spiro atoms. The summed E-state index contributed by atoms with van der Waals surface area (Å²) in [4.78, 5) is 27.4. The van der Waals surface area contributed by atoms with Crippen LogP contribution in [0.1, 0.15) is 40.7 Å². The highest BCUT2D eigenvalue weighted by atomic mass is 79.9. The van der Waals surface area contributed by atoms with Crippen molar-refractivity contribution in [3.63, 3.8) is 0 Å². The van der Waals surface area contributed by atoms with Crippen molar-refractivity contribution in [3.8, 4) is 11.8 Å². The largest absolute Gasteiger partial charge is 0.394 e. The van der Waals surface area contributed by atoms with E-state index in [-0.39, 0.29) is 18.4 Å². The number of amides is 2. The van der Waals surface area contributed by atoms with Gasteiger partial charge in [-0.2, -0.15) is 0 Å². The van der Waals surface area contributed by atoms with Crippen LogP contribution in [-0.2, 0) is 11.2 Å². The van der Waals surface area contributed by atoms with Gasteiger partial charge in [0.2, 0.25) is 5.91 Å². The van der Waals surface area contributed by atoms with Crippen molar-refractivity contribution in [3.05, 3.63) is 69.8 Å². The Morgan fingerprint density at radius 3 is 2.81 bits per heavy atom. The monoisotopic (exact) mass is 495 g/mol. The van der Waals surface area contributed by atoms with Crippen LogP contribution in [0.15, 0.2) is 53.1 Å². The predicted molar refractivity (Wildman–Crippen MR) is 129 cm³/mol. The number of H-pyrrole nitrogens is 1. The zero-order valence-electron chi connectivity index (χ0n) is 17.9. The van der Waals surface area contributed by atoms with Gasteiger partial charge in [-0.25, -0.2) is 0 Å². The van der Waals surface area contributed by atoms with Crippen molar-refractivity contribution in [2.75, 3.05) is 13.7 Å². The summed E-state index contributed by atoms with van der Waals surface area (Å²) in [6.07, 6.45) is 4.15. The van der Waals surface area contributed by atoms with Gasteiger partial charge in [0.25, 0.3) is 5.91 Å². The summed E-state index contributed by atoms with van der Waals surface area (Å²) in [7, 11) is 1.62. The summed E-state index contributed by atoms with van der Waals surface area (Å²) < 4.78 is 0.656. The van der Waals surface area contributed by atoms with E-state index in [4.69, 9.17) is 0 Å². The molecule has 0 saturated carbocycles. The van der Waals surface area contributed by atoms with E-state index >= 15 is 0 Å². The number of fused-ring (bicyclic) bond motifs is 1. The summed E-state index contributed by atoms with van der Waals surface area (Å²) >= 11 is 3.43. The molecule has 1 aromatic heterocycles. The van der Waals surface area contributed by atoms with Crippen LogP contribution in [0.2, 0.25) is 0 Å². The Balaban J connectivity index is 1.65. The molecule has 1 unspecified atom stereocenters. The van der Waals surface area contributed by atoms with Gasteiger partial charge in [-0.1, -0.05) is 30.0 Å². The number of rotatable bonds is 8. The number of benzene rings is 2. The van der Waals surface area contributed by atoms with E-state index in [0.717, 1.165) is 22.0 Å². The highest BCUT2D eigenvalue weighted by molar-refractivity contribution is 9.10. The number of halogens is 1. The number of hydrogen-bond donors (Lipinski definition) is 4. The minimum Gasteiger partial charge on any atom is -0.394 e. The number of nitrogens with one attached hydrogen (secondary N) is 3. The predicted octanol–water partition coefficient (Wildman–Crippen LogP) is 3.53. The standard InChI is InChI=1S/C25H26BrN3O3/c1-27-24(31)10-4-2-3-7-17-11-12-22(26)21(13-17)25(32)29-19(16-30)14-18-15-28-23-9-6-5-8-20(18)23/h5-6,8-9,11-13,15,19,28,30H,2,4,10,14,16H2,1H3,(H,27,31)(H,29,32). The molecule has 1 atom stereocenters. The number of aromatic nitrogens is 1. The van der Waals surface area contributed by atoms with Crippen LogP contribution >= 0.6 is 15.9 Å². The van der Waals surface area contributed by atoms with E-state index in [1.54, 1.807) is 19.2 Å². The number of carbonyl (C=O) groups is 2. The first-order valence-corrected chi connectivity index (χ1v) is 11.3. The number of hydrogen-bond acceptors (Lipinski definition) is 3. The van der Waals surface area contributed by atoms with Crippen LogP contribution < -0.4 is 10.6 Å². The molecular formula is C25H26BrN3O3. The second-order valence-electron chi connectivity index (χ2n) is 7.44. The molecule has 2 amide bonds. The fourth-order valence-corrected chi connectivity index (χ4v) is 3.82. The Labute approximate surface area is 195 Å². The van der Waals surface area contributed by atoms with Crippen molar-refractivity contribution in [2.24, 2.45) is 0 Å². The molecule has 0 fully saturated rings. The Bertz CT molecular complexity index is 1160. The summed E-state index contributed by atoms with van der Waals surface area (Å²) in [5, 5.41) is 16.4. The second-order valence-corrected chi connectivity index (χ2v) is 8.29. The van der Waals surface area contributed by atoms with Gasteiger partial charge in [0.15, 0.2) is 0 Å². The zero-order valence-corrected chi connectivity index (χ0v) is 19.5. The molecule has 32 heavy (non-hydrogen) atoms. The third-order valence-electron chi connectivity index (χ3n) is 5.13. The van der Waals surface area contributed by atoms with E-state index in [2.05, 4.69) is 43.4 Å². The average Bonchev–Trinajstić information content (AvgIpc) is 3.21. The van der Waals surface area contributed by atoms with Crippen LogP contribution in [0.4, 0.5) is 0 Å². The summed E-state index contributed by atoms with van der Waals surface area (Å²) in [6.45, 7) is -0.173. The maximum Gasteiger partial charge on any atom is 0.252 e. The summed E-state index contributed by atoms with van der Waals surface area (Å²) in [5.41, 5.74) is 3.24. The molecule has 0 saturated heterocycles. The molecule has 0 aliphatic heterocycles. The van der Waals surface area contributed by atoms with Crippen molar-refractivity contribution in [1.82, 2.24) is 15.6 Å². The molecule has 0 bridgehead atoms. The van der Waals surface area contributed by atoms with Crippen molar-refractivity contribution in [1.29, 1.82) is 0 Å². The number of para-hydroxylation sites is 1. The normalized spacial score (nSPS) is 11.5. The van der Waals surface area contributed by atoms with E-state index in [9.17, 15) is 14.7 Å². The van der Waals surface area contributed by atoms with Gasteiger partial charge in [-0.05, 0) is 58.6 Å². The second kappa shape index (κ2) is 11.5. The van der Waals surface area contributed by atoms with Gasteiger partial charge in [0.05, 0.1) is 18.2 Å². The van der Waals surface area contributed by atoms with Crippen LogP contribution in [0, 0.1) is 11.8 Å². The van der Waals surface area contributed by atoms with Crippen molar-refractivity contribution >= 4 is 38.6 Å². The maximum absolute atomic E-state index is 12.9. The molecule has 3 rings (SSSR count). The van der Waals surface area contributed by atoms with Gasteiger partial charge in [-0.15, -0.1) is 0 Å². The van der Waals surface area contributed by atoms with Crippen LogP contribution in [0.5, 0.6) is 0 Å². The van der Waals surface area contributed by atoms with Gasteiger partial charge < -0.3 is 20.7 Å². The van der Waals surface area contributed by atoms with Crippen LogP contribution in [0.3, 0.4) is 0 Å². The minimum atomic E-state index is -0.423. The molecule has 2 aromatic carbocycles. The fourth-order valence-electron chi connectivity index (χ4n) is 3.39.